The minimum atomic E-state index is 0.730. The van der Waals surface area contributed by atoms with Crippen molar-refractivity contribution in [2.75, 3.05) is 23.9 Å². The zero-order valence-corrected chi connectivity index (χ0v) is 10.8. The summed E-state index contributed by atoms with van der Waals surface area (Å²) in [6.45, 7) is 5.46. The van der Waals surface area contributed by atoms with Gasteiger partial charge in [-0.3, -0.25) is 0 Å². The van der Waals surface area contributed by atoms with Gasteiger partial charge in [0.1, 0.15) is 18.0 Å². The third kappa shape index (κ3) is 2.49. The van der Waals surface area contributed by atoms with Crippen molar-refractivity contribution in [1.82, 2.24) is 9.97 Å². The lowest BCUT2D eigenvalue weighted by Gasteiger charge is -2.21. The zero-order valence-electron chi connectivity index (χ0n) is 10.8. The second kappa shape index (κ2) is 4.87. The van der Waals surface area contributed by atoms with Crippen molar-refractivity contribution in [3.05, 3.63) is 11.9 Å². The highest BCUT2D eigenvalue weighted by molar-refractivity contribution is 5.58. The van der Waals surface area contributed by atoms with E-state index in [0.29, 0.717) is 0 Å². The SMILES string of the molecule is CCc1c(NN)ncnc1N(C)CC1CC1C. The summed E-state index contributed by atoms with van der Waals surface area (Å²) in [5, 5.41) is 0. The van der Waals surface area contributed by atoms with Gasteiger partial charge in [0, 0.05) is 19.2 Å². The summed E-state index contributed by atoms with van der Waals surface area (Å²) < 4.78 is 0. The van der Waals surface area contributed by atoms with Crippen molar-refractivity contribution in [2.45, 2.75) is 26.7 Å². The molecule has 1 saturated carbocycles. The van der Waals surface area contributed by atoms with Gasteiger partial charge in [0.2, 0.25) is 0 Å². The lowest BCUT2D eigenvalue weighted by molar-refractivity contribution is 0.715. The number of aromatic nitrogens is 2. The molecule has 5 nitrogen and oxygen atoms in total. The number of hydrazine groups is 1. The Labute approximate surface area is 102 Å². The Morgan fingerprint density at radius 2 is 2.24 bits per heavy atom. The number of nitrogen functional groups attached to an aromatic ring is 1. The van der Waals surface area contributed by atoms with Gasteiger partial charge in [-0.25, -0.2) is 15.8 Å². The number of nitrogens with two attached hydrogens (primary N) is 1. The van der Waals surface area contributed by atoms with Crippen molar-refractivity contribution >= 4 is 11.6 Å². The van der Waals surface area contributed by atoms with Crippen LogP contribution in [0.25, 0.3) is 0 Å². The molecule has 1 heterocycles. The first-order chi connectivity index (χ1) is 8.17. The molecule has 1 aromatic heterocycles. The topological polar surface area (TPSA) is 67.1 Å². The summed E-state index contributed by atoms with van der Waals surface area (Å²) in [5.41, 5.74) is 3.73. The largest absolute Gasteiger partial charge is 0.359 e. The molecule has 0 aromatic carbocycles. The van der Waals surface area contributed by atoms with E-state index in [2.05, 4.69) is 41.2 Å². The van der Waals surface area contributed by atoms with Crippen LogP contribution in [0.15, 0.2) is 6.33 Å². The summed E-state index contributed by atoms with van der Waals surface area (Å²) >= 11 is 0. The van der Waals surface area contributed by atoms with Gasteiger partial charge in [-0.15, -0.1) is 0 Å². The van der Waals surface area contributed by atoms with Crippen LogP contribution in [0.1, 0.15) is 25.8 Å². The van der Waals surface area contributed by atoms with Crippen LogP contribution in [0.5, 0.6) is 0 Å². The molecule has 1 aliphatic carbocycles. The molecule has 3 N–H and O–H groups in total. The van der Waals surface area contributed by atoms with E-state index >= 15 is 0 Å². The van der Waals surface area contributed by atoms with Crippen LogP contribution in [0.4, 0.5) is 11.6 Å². The monoisotopic (exact) mass is 235 g/mol. The highest BCUT2D eigenvalue weighted by Gasteiger charge is 2.33. The fourth-order valence-corrected chi connectivity index (χ4v) is 2.27. The van der Waals surface area contributed by atoms with E-state index in [9.17, 15) is 0 Å². The third-order valence-electron chi connectivity index (χ3n) is 3.56. The number of hydrogen-bond donors (Lipinski definition) is 2. The van der Waals surface area contributed by atoms with Crippen LogP contribution in [-0.4, -0.2) is 23.6 Å². The smallest absolute Gasteiger partial charge is 0.148 e. The lowest BCUT2D eigenvalue weighted by atomic mass is 10.2. The minimum absolute atomic E-state index is 0.730. The fourth-order valence-electron chi connectivity index (χ4n) is 2.27. The van der Waals surface area contributed by atoms with Crippen LogP contribution in [0.2, 0.25) is 0 Å². The van der Waals surface area contributed by atoms with Crippen LogP contribution in [0, 0.1) is 11.8 Å². The number of nitrogens with one attached hydrogen (secondary N) is 1. The van der Waals surface area contributed by atoms with Gasteiger partial charge in [0.15, 0.2) is 0 Å². The molecular formula is C12H21N5. The third-order valence-corrected chi connectivity index (χ3v) is 3.56. The molecule has 0 amide bonds. The Kier molecular flexibility index (Phi) is 3.47. The first kappa shape index (κ1) is 12.1. The van der Waals surface area contributed by atoms with E-state index in [4.69, 9.17) is 5.84 Å². The molecule has 2 rings (SSSR count). The van der Waals surface area contributed by atoms with E-state index in [-0.39, 0.29) is 0 Å². The molecular weight excluding hydrogens is 214 g/mol. The van der Waals surface area contributed by atoms with Crippen molar-refractivity contribution in [1.29, 1.82) is 0 Å². The first-order valence-electron chi connectivity index (χ1n) is 6.19. The fraction of sp³-hybridized carbons (Fsp3) is 0.667. The number of anilines is 2. The highest BCUT2D eigenvalue weighted by atomic mass is 15.3. The van der Waals surface area contributed by atoms with Crippen LogP contribution in [-0.2, 0) is 6.42 Å². The zero-order chi connectivity index (χ0) is 12.4. The molecule has 94 valence electrons. The lowest BCUT2D eigenvalue weighted by Crippen LogP contribution is -2.24. The molecule has 0 spiro atoms. The maximum absolute atomic E-state index is 5.47. The average molecular weight is 235 g/mol. The Balaban J connectivity index is 2.18. The summed E-state index contributed by atoms with van der Waals surface area (Å²) in [7, 11) is 2.09. The molecule has 0 bridgehead atoms. The Bertz CT molecular complexity index is 392. The van der Waals surface area contributed by atoms with Gasteiger partial charge >= 0.3 is 0 Å². The normalized spacial score (nSPS) is 22.4. The van der Waals surface area contributed by atoms with Crippen molar-refractivity contribution in [3.63, 3.8) is 0 Å². The maximum atomic E-state index is 5.47. The van der Waals surface area contributed by atoms with E-state index in [1.165, 1.54) is 6.42 Å². The number of hydrogen-bond acceptors (Lipinski definition) is 5. The molecule has 0 aliphatic heterocycles. The van der Waals surface area contributed by atoms with Crippen molar-refractivity contribution in [3.8, 4) is 0 Å². The molecule has 17 heavy (non-hydrogen) atoms. The summed E-state index contributed by atoms with van der Waals surface area (Å²) in [4.78, 5) is 10.7. The highest BCUT2D eigenvalue weighted by Crippen LogP contribution is 2.39. The van der Waals surface area contributed by atoms with E-state index < -0.39 is 0 Å². The Morgan fingerprint density at radius 1 is 1.53 bits per heavy atom. The first-order valence-corrected chi connectivity index (χ1v) is 6.19. The molecule has 1 aliphatic rings. The van der Waals surface area contributed by atoms with E-state index in [0.717, 1.165) is 42.0 Å². The van der Waals surface area contributed by atoms with Gasteiger partial charge in [-0.2, -0.15) is 0 Å². The van der Waals surface area contributed by atoms with E-state index in [1.54, 1.807) is 6.33 Å². The Hall–Kier alpha value is -1.36. The summed E-state index contributed by atoms with van der Waals surface area (Å²) in [5.74, 6) is 8.87. The second-order valence-corrected chi connectivity index (χ2v) is 4.88. The summed E-state index contributed by atoms with van der Waals surface area (Å²) in [6.07, 6.45) is 3.77. The predicted molar refractivity (Wildman–Crippen MR) is 69.8 cm³/mol. The van der Waals surface area contributed by atoms with E-state index in [1.807, 2.05) is 0 Å². The summed E-state index contributed by atoms with van der Waals surface area (Å²) in [6, 6.07) is 0. The average Bonchev–Trinajstić information content (AvgIpc) is 3.03. The molecule has 2 atom stereocenters. The molecule has 1 aromatic rings. The van der Waals surface area contributed by atoms with Gasteiger partial charge in [0.05, 0.1) is 0 Å². The standard InChI is InChI=1S/C12H21N5/c1-4-10-11(16-13)14-7-15-12(10)17(3)6-9-5-8(9)2/h7-9H,4-6,13H2,1-3H3,(H,14,15,16). The maximum Gasteiger partial charge on any atom is 0.148 e. The van der Waals surface area contributed by atoms with Crippen LogP contribution >= 0.6 is 0 Å². The predicted octanol–water partition coefficient (Wildman–Crippen LogP) is 1.42. The van der Waals surface area contributed by atoms with Crippen molar-refractivity contribution < 1.29 is 0 Å². The number of nitrogens with zero attached hydrogens (tertiary/aromatic N) is 3. The molecule has 1 fully saturated rings. The number of rotatable bonds is 5. The van der Waals surface area contributed by atoms with Gasteiger partial charge in [0.25, 0.3) is 0 Å². The van der Waals surface area contributed by atoms with Crippen molar-refractivity contribution in [2.24, 2.45) is 17.7 Å². The minimum Gasteiger partial charge on any atom is -0.359 e. The Morgan fingerprint density at radius 3 is 2.76 bits per heavy atom. The molecule has 0 radical (unpaired) electrons. The van der Waals surface area contributed by atoms with Gasteiger partial charge < -0.3 is 10.3 Å². The van der Waals surface area contributed by atoms with Gasteiger partial charge in [-0.05, 0) is 24.7 Å². The van der Waals surface area contributed by atoms with Crippen LogP contribution in [0.3, 0.4) is 0 Å². The van der Waals surface area contributed by atoms with Gasteiger partial charge in [-0.1, -0.05) is 13.8 Å². The quantitative estimate of drug-likeness (QED) is 0.597. The van der Waals surface area contributed by atoms with Crippen LogP contribution < -0.4 is 16.2 Å². The molecule has 2 unspecified atom stereocenters. The molecule has 0 saturated heterocycles. The second-order valence-electron chi connectivity index (χ2n) is 4.88. The molecule has 5 heteroatoms.